The predicted molar refractivity (Wildman–Crippen MR) is 54.4 cm³/mol. The molecule has 0 bridgehead atoms. The van der Waals surface area contributed by atoms with Crippen LogP contribution in [0.3, 0.4) is 0 Å². The van der Waals surface area contributed by atoms with Crippen molar-refractivity contribution in [1.82, 2.24) is 0 Å². The highest BCUT2D eigenvalue weighted by molar-refractivity contribution is 7.65. The van der Waals surface area contributed by atoms with Gasteiger partial charge in [-0.15, -0.1) is 33.2 Å². The Bertz CT molecular complexity index is 267. The summed E-state index contributed by atoms with van der Waals surface area (Å²) in [6.45, 7) is 0.634. The standard InChI is InChI=1S/C6H7Cl3F6OSi/c1-2-3-16-6(15,17(7,8)9)4(10,11)5(12,13)14/h2-3H2,1H3. The number of alkyl halides is 6. The summed E-state index contributed by atoms with van der Waals surface area (Å²) in [5.41, 5.74) is -4.65. The van der Waals surface area contributed by atoms with Crippen molar-refractivity contribution in [2.75, 3.05) is 6.61 Å². The lowest BCUT2D eigenvalue weighted by Gasteiger charge is -2.37. The molecular weight excluding hydrogens is 336 g/mol. The monoisotopic (exact) mass is 342 g/mol. The van der Waals surface area contributed by atoms with Gasteiger partial charge in [0, 0.05) is 0 Å². The molecular formula is C6H7Cl3F6OSi. The van der Waals surface area contributed by atoms with E-state index in [4.69, 9.17) is 33.2 Å². The minimum atomic E-state index is -6.22. The average Bonchev–Trinajstić information content (AvgIpc) is 2.10. The fraction of sp³-hybridized carbons (Fsp3) is 1.00. The third-order valence-electron chi connectivity index (χ3n) is 1.63. The maximum atomic E-state index is 13.7. The summed E-state index contributed by atoms with van der Waals surface area (Å²) < 4.78 is 79.7. The van der Waals surface area contributed by atoms with Crippen molar-refractivity contribution in [2.45, 2.75) is 30.9 Å². The van der Waals surface area contributed by atoms with E-state index < -0.39 is 30.2 Å². The molecule has 0 fully saturated rings. The molecule has 0 saturated carbocycles. The smallest absolute Gasteiger partial charge is 0.341 e. The second kappa shape index (κ2) is 5.32. The van der Waals surface area contributed by atoms with Crippen LogP contribution in [-0.4, -0.2) is 30.2 Å². The molecule has 1 atom stereocenters. The molecule has 11 heteroatoms. The third kappa shape index (κ3) is 3.34. The molecule has 0 aromatic rings. The van der Waals surface area contributed by atoms with Gasteiger partial charge in [-0.25, -0.2) is 4.39 Å². The number of rotatable bonds is 5. The van der Waals surface area contributed by atoms with Crippen molar-refractivity contribution in [3.63, 3.8) is 0 Å². The Kier molecular flexibility index (Phi) is 5.52. The van der Waals surface area contributed by atoms with Crippen molar-refractivity contribution < 1.29 is 31.1 Å². The Balaban J connectivity index is 5.48. The molecule has 0 aromatic heterocycles. The first kappa shape index (κ1) is 17.6. The highest BCUT2D eigenvalue weighted by Gasteiger charge is 2.80. The lowest BCUT2D eigenvalue weighted by molar-refractivity contribution is -0.357. The average molecular weight is 344 g/mol. The highest BCUT2D eigenvalue weighted by atomic mass is 35.8. The second-order valence-electron chi connectivity index (χ2n) is 3.01. The molecule has 0 N–H and O–H groups in total. The van der Waals surface area contributed by atoms with E-state index in [0.717, 1.165) is 0 Å². The third-order valence-corrected chi connectivity index (χ3v) is 5.00. The maximum absolute atomic E-state index is 13.7. The van der Waals surface area contributed by atoms with Crippen LogP contribution in [0.1, 0.15) is 13.3 Å². The fourth-order valence-corrected chi connectivity index (χ4v) is 3.10. The van der Waals surface area contributed by atoms with Gasteiger partial charge in [-0.2, -0.15) is 22.0 Å². The summed E-state index contributed by atoms with van der Waals surface area (Å²) in [6.07, 6.45) is -6.23. The second-order valence-corrected chi connectivity index (χ2v) is 11.5. The first-order chi connectivity index (χ1) is 7.31. The van der Waals surface area contributed by atoms with Gasteiger partial charge in [0.25, 0.3) is 0 Å². The van der Waals surface area contributed by atoms with Crippen molar-refractivity contribution in [3.8, 4) is 0 Å². The maximum Gasteiger partial charge on any atom is 0.459 e. The summed E-state index contributed by atoms with van der Waals surface area (Å²) in [7, 11) is 0. The van der Waals surface area contributed by atoms with Gasteiger partial charge in [0.15, 0.2) is 0 Å². The molecule has 1 unspecified atom stereocenters. The Labute approximate surface area is 108 Å². The van der Waals surface area contributed by atoms with Gasteiger partial charge in [-0.05, 0) is 6.42 Å². The number of hydrogen-bond donors (Lipinski definition) is 0. The molecule has 0 saturated heterocycles. The van der Waals surface area contributed by atoms with E-state index in [1.807, 2.05) is 0 Å². The Morgan fingerprint density at radius 2 is 1.41 bits per heavy atom. The number of ether oxygens (including phenoxy) is 1. The van der Waals surface area contributed by atoms with Crippen LogP contribution in [0.4, 0.5) is 26.3 Å². The molecule has 0 aliphatic carbocycles. The molecule has 0 radical (unpaired) electrons. The molecule has 0 aliphatic rings. The molecule has 0 aliphatic heterocycles. The zero-order valence-electron chi connectivity index (χ0n) is 8.22. The van der Waals surface area contributed by atoms with Crippen LogP contribution in [0.2, 0.25) is 0 Å². The molecule has 17 heavy (non-hydrogen) atoms. The minimum Gasteiger partial charge on any atom is -0.341 e. The SMILES string of the molecule is CCCOC(F)(C(F)(F)C(F)(F)F)[Si](Cl)(Cl)Cl. The molecule has 0 rings (SSSR count). The van der Waals surface area contributed by atoms with E-state index >= 15 is 0 Å². The van der Waals surface area contributed by atoms with Crippen LogP contribution in [0.25, 0.3) is 0 Å². The number of halogens is 9. The van der Waals surface area contributed by atoms with Gasteiger partial charge in [0.05, 0.1) is 6.61 Å². The fourth-order valence-electron chi connectivity index (χ4n) is 0.775. The van der Waals surface area contributed by atoms with Gasteiger partial charge in [-0.1, -0.05) is 6.92 Å². The van der Waals surface area contributed by atoms with Crippen LogP contribution < -0.4 is 0 Å². The first-order valence-electron chi connectivity index (χ1n) is 4.15. The van der Waals surface area contributed by atoms with Gasteiger partial charge in [-0.3, -0.25) is 0 Å². The molecule has 0 amide bonds. The van der Waals surface area contributed by atoms with E-state index in [1.165, 1.54) is 6.92 Å². The highest BCUT2D eigenvalue weighted by Crippen LogP contribution is 2.53. The largest absolute Gasteiger partial charge is 0.459 e. The normalized spacial score (nSPS) is 18.0. The molecule has 104 valence electrons. The molecule has 1 nitrogen and oxygen atoms in total. The van der Waals surface area contributed by atoms with Crippen LogP contribution in [0.5, 0.6) is 0 Å². The Morgan fingerprint density at radius 3 is 1.65 bits per heavy atom. The Hall–Kier alpha value is 0.627. The predicted octanol–water partition coefficient (Wildman–Crippen LogP) is 4.47. The van der Waals surface area contributed by atoms with Crippen LogP contribution in [-0.2, 0) is 4.74 Å². The van der Waals surface area contributed by atoms with Crippen molar-refractivity contribution in [3.05, 3.63) is 0 Å². The minimum absolute atomic E-state index is 0.0191. The molecule has 0 aromatic carbocycles. The lowest BCUT2D eigenvalue weighted by atomic mass is 10.3. The van der Waals surface area contributed by atoms with Gasteiger partial charge >= 0.3 is 23.6 Å². The van der Waals surface area contributed by atoms with E-state index in [2.05, 4.69) is 4.74 Å². The summed E-state index contributed by atoms with van der Waals surface area (Å²) in [4.78, 5) is 0. The van der Waals surface area contributed by atoms with Gasteiger partial charge in [0.1, 0.15) is 0 Å². The first-order valence-corrected chi connectivity index (χ1v) is 9.19. The summed E-state index contributed by atoms with van der Waals surface area (Å²) in [5.74, 6) is -5.90. The quantitative estimate of drug-likeness (QED) is 0.406. The lowest BCUT2D eigenvalue weighted by Crippen LogP contribution is -2.65. The Morgan fingerprint density at radius 1 is 1.00 bits per heavy atom. The van der Waals surface area contributed by atoms with Crippen LogP contribution >= 0.6 is 33.2 Å². The summed E-state index contributed by atoms with van der Waals surface area (Å²) in [5, 5.41) is 0. The zero-order valence-corrected chi connectivity index (χ0v) is 11.5. The topological polar surface area (TPSA) is 9.23 Å². The molecule has 0 spiro atoms. The van der Waals surface area contributed by atoms with Gasteiger partial charge in [0.2, 0.25) is 0 Å². The van der Waals surface area contributed by atoms with E-state index in [0.29, 0.717) is 0 Å². The molecule has 0 heterocycles. The van der Waals surface area contributed by atoms with Crippen LogP contribution in [0, 0.1) is 0 Å². The van der Waals surface area contributed by atoms with E-state index in [9.17, 15) is 26.3 Å². The number of hydrogen-bond acceptors (Lipinski definition) is 1. The summed E-state index contributed by atoms with van der Waals surface area (Å²) in [6, 6.07) is -5.14. The zero-order chi connectivity index (χ0) is 14.1. The van der Waals surface area contributed by atoms with E-state index in [1.54, 1.807) is 0 Å². The van der Waals surface area contributed by atoms with Gasteiger partial charge < -0.3 is 4.74 Å². The van der Waals surface area contributed by atoms with Crippen molar-refractivity contribution in [2.24, 2.45) is 0 Å². The van der Waals surface area contributed by atoms with Crippen LogP contribution in [0.15, 0.2) is 0 Å². The summed E-state index contributed by atoms with van der Waals surface area (Å²) >= 11 is 14.9. The van der Waals surface area contributed by atoms with E-state index in [-0.39, 0.29) is 6.42 Å². The van der Waals surface area contributed by atoms with Crippen molar-refractivity contribution >= 4 is 39.2 Å². The van der Waals surface area contributed by atoms with Crippen molar-refractivity contribution in [1.29, 1.82) is 0 Å².